The summed E-state index contributed by atoms with van der Waals surface area (Å²) >= 11 is 1.78. The van der Waals surface area contributed by atoms with Crippen molar-refractivity contribution in [2.75, 3.05) is 7.05 Å². The lowest BCUT2D eigenvalue weighted by atomic mass is 9.78. The highest BCUT2D eigenvalue weighted by Gasteiger charge is 2.37. The van der Waals surface area contributed by atoms with E-state index in [9.17, 15) is 9.90 Å². The molecular weight excluding hydrogens is 270 g/mol. The first-order chi connectivity index (χ1) is 9.49. The summed E-state index contributed by atoms with van der Waals surface area (Å²) < 4.78 is 0. The smallest absolute Gasteiger partial charge is 0.308 e. The average molecular weight is 295 g/mol. The highest BCUT2D eigenvalue weighted by atomic mass is 32.1. The van der Waals surface area contributed by atoms with E-state index in [2.05, 4.69) is 43.3 Å². The predicted molar refractivity (Wildman–Crippen MR) is 83.2 cm³/mol. The van der Waals surface area contributed by atoms with Crippen LogP contribution in [0.5, 0.6) is 0 Å². The van der Waals surface area contributed by atoms with Gasteiger partial charge in [-0.05, 0) is 57.0 Å². The van der Waals surface area contributed by atoms with Gasteiger partial charge in [0.15, 0.2) is 0 Å². The molecule has 4 heteroatoms. The van der Waals surface area contributed by atoms with Crippen molar-refractivity contribution in [2.24, 2.45) is 11.8 Å². The van der Waals surface area contributed by atoms with Crippen LogP contribution in [0.2, 0.25) is 0 Å². The first kappa shape index (κ1) is 15.5. The van der Waals surface area contributed by atoms with Gasteiger partial charge < -0.3 is 5.11 Å². The van der Waals surface area contributed by atoms with Crippen molar-refractivity contribution < 1.29 is 9.90 Å². The van der Waals surface area contributed by atoms with Crippen LogP contribution >= 0.6 is 11.3 Å². The fraction of sp³-hybridized carbons (Fsp3) is 0.688. The minimum atomic E-state index is -0.628. The number of carboxylic acids is 1. The fourth-order valence-electron chi connectivity index (χ4n) is 3.28. The quantitative estimate of drug-likeness (QED) is 0.904. The van der Waals surface area contributed by atoms with Gasteiger partial charge in [0.25, 0.3) is 0 Å². The monoisotopic (exact) mass is 295 g/mol. The highest BCUT2D eigenvalue weighted by molar-refractivity contribution is 7.09. The van der Waals surface area contributed by atoms with Crippen molar-refractivity contribution in [3.05, 3.63) is 22.4 Å². The van der Waals surface area contributed by atoms with Crippen LogP contribution < -0.4 is 0 Å². The Morgan fingerprint density at radius 3 is 2.90 bits per heavy atom. The van der Waals surface area contributed by atoms with Crippen molar-refractivity contribution in [3.63, 3.8) is 0 Å². The van der Waals surface area contributed by atoms with Crippen molar-refractivity contribution in [2.45, 2.75) is 51.6 Å². The molecule has 1 aliphatic rings. The zero-order valence-electron chi connectivity index (χ0n) is 12.6. The van der Waals surface area contributed by atoms with Gasteiger partial charge in [-0.25, -0.2) is 0 Å². The van der Waals surface area contributed by atoms with Gasteiger partial charge in [0.05, 0.1) is 5.92 Å². The molecule has 0 radical (unpaired) electrons. The van der Waals surface area contributed by atoms with E-state index in [1.54, 1.807) is 11.3 Å². The standard InChI is InChI=1S/C16H25NO2S/c1-11-6-7-14(16(18)19)15(9-11)17(3)12(2)10-13-5-4-8-20-13/h4-5,8,11-12,14-15H,6-7,9-10H2,1-3H3,(H,18,19). The molecule has 0 spiro atoms. The number of aliphatic carboxylic acids is 1. The van der Waals surface area contributed by atoms with Gasteiger partial charge in [0.1, 0.15) is 0 Å². The van der Waals surface area contributed by atoms with Crippen LogP contribution in [-0.4, -0.2) is 35.1 Å². The molecule has 1 heterocycles. The minimum Gasteiger partial charge on any atom is -0.481 e. The largest absolute Gasteiger partial charge is 0.481 e. The molecule has 0 aliphatic heterocycles. The van der Waals surface area contributed by atoms with Crippen LogP contribution in [-0.2, 0) is 11.2 Å². The number of hydrogen-bond acceptors (Lipinski definition) is 3. The van der Waals surface area contributed by atoms with Gasteiger partial charge >= 0.3 is 5.97 Å². The zero-order chi connectivity index (χ0) is 14.7. The SMILES string of the molecule is CC1CCC(C(=O)O)C(N(C)C(C)Cc2cccs2)C1. The number of carboxylic acid groups (broad SMARTS) is 1. The molecule has 112 valence electrons. The molecule has 4 atom stereocenters. The Morgan fingerprint density at radius 1 is 1.55 bits per heavy atom. The summed E-state index contributed by atoms with van der Waals surface area (Å²) in [7, 11) is 2.09. The maximum Gasteiger partial charge on any atom is 0.308 e. The summed E-state index contributed by atoms with van der Waals surface area (Å²) in [6, 6.07) is 4.79. The molecule has 1 saturated carbocycles. The maximum absolute atomic E-state index is 11.5. The average Bonchev–Trinajstić information content (AvgIpc) is 2.90. The number of hydrogen-bond donors (Lipinski definition) is 1. The molecule has 1 fully saturated rings. The van der Waals surface area contributed by atoms with Gasteiger partial charge in [-0.3, -0.25) is 9.69 Å². The van der Waals surface area contributed by atoms with E-state index in [1.165, 1.54) is 4.88 Å². The Kier molecular flexibility index (Phi) is 5.22. The molecule has 0 saturated heterocycles. The highest BCUT2D eigenvalue weighted by Crippen LogP contribution is 2.33. The van der Waals surface area contributed by atoms with Gasteiger partial charge in [-0.1, -0.05) is 13.0 Å². The van der Waals surface area contributed by atoms with E-state index in [0.29, 0.717) is 12.0 Å². The van der Waals surface area contributed by atoms with Gasteiger partial charge in [0, 0.05) is 17.0 Å². The second kappa shape index (κ2) is 6.72. The Bertz CT molecular complexity index is 432. The predicted octanol–water partition coefficient (Wildman–Crippen LogP) is 3.50. The third-order valence-corrected chi connectivity index (χ3v) is 5.59. The Balaban J connectivity index is 2.04. The minimum absolute atomic E-state index is 0.172. The summed E-state index contributed by atoms with van der Waals surface area (Å²) in [4.78, 5) is 15.2. The summed E-state index contributed by atoms with van der Waals surface area (Å²) in [5.41, 5.74) is 0. The summed E-state index contributed by atoms with van der Waals surface area (Å²) in [5, 5.41) is 11.6. The van der Waals surface area contributed by atoms with Crippen molar-refractivity contribution in [1.29, 1.82) is 0 Å². The van der Waals surface area contributed by atoms with Crippen LogP contribution in [0.15, 0.2) is 17.5 Å². The normalized spacial score (nSPS) is 28.5. The molecule has 4 unspecified atom stereocenters. The van der Waals surface area contributed by atoms with E-state index in [1.807, 2.05) is 0 Å². The van der Waals surface area contributed by atoms with Gasteiger partial charge in [-0.2, -0.15) is 0 Å². The number of likely N-dealkylation sites (N-methyl/N-ethyl adjacent to an activating group) is 1. The molecule has 1 N–H and O–H groups in total. The van der Waals surface area contributed by atoms with Crippen LogP contribution in [0.25, 0.3) is 0 Å². The van der Waals surface area contributed by atoms with Crippen LogP contribution in [0, 0.1) is 11.8 Å². The first-order valence-electron chi connectivity index (χ1n) is 7.46. The molecule has 1 aromatic rings. The van der Waals surface area contributed by atoms with Gasteiger partial charge in [0.2, 0.25) is 0 Å². The molecule has 1 aliphatic carbocycles. The number of thiophene rings is 1. The van der Waals surface area contributed by atoms with E-state index < -0.39 is 5.97 Å². The van der Waals surface area contributed by atoms with Crippen molar-refractivity contribution >= 4 is 17.3 Å². The molecule has 2 rings (SSSR count). The van der Waals surface area contributed by atoms with Crippen LogP contribution in [0.4, 0.5) is 0 Å². The van der Waals surface area contributed by atoms with Gasteiger partial charge in [-0.15, -0.1) is 11.3 Å². The molecule has 0 aromatic carbocycles. The van der Waals surface area contributed by atoms with E-state index in [4.69, 9.17) is 0 Å². The van der Waals surface area contributed by atoms with Crippen molar-refractivity contribution in [3.8, 4) is 0 Å². The number of nitrogens with zero attached hydrogens (tertiary/aromatic N) is 1. The van der Waals surface area contributed by atoms with E-state index in [0.717, 1.165) is 25.7 Å². The maximum atomic E-state index is 11.5. The summed E-state index contributed by atoms with van der Waals surface area (Å²) in [6.45, 7) is 4.45. The number of rotatable bonds is 5. The third kappa shape index (κ3) is 3.61. The Hall–Kier alpha value is -0.870. The summed E-state index contributed by atoms with van der Waals surface area (Å²) in [5.74, 6) is -0.203. The first-order valence-corrected chi connectivity index (χ1v) is 8.34. The van der Waals surface area contributed by atoms with Crippen LogP contribution in [0.1, 0.15) is 38.0 Å². The van der Waals surface area contributed by atoms with Crippen molar-refractivity contribution in [1.82, 2.24) is 4.90 Å². The summed E-state index contributed by atoms with van der Waals surface area (Å²) in [6.07, 6.45) is 3.87. The second-order valence-electron chi connectivity index (χ2n) is 6.23. The Labute approximate surface area is 125 Å². The number of carbonyl (C=O) groups is 1. The zero-order valence-corrected chi connectivity index (χ0v) is 13.4. The lowest BCUT2D eigenvalue weighted by molar-refractivity contribution is -0.146. The molecular formula is C16H25NO2S. The van der Waals surface area contributed by atoms with E-state index >= 15 is 0 Å². The molecule has 20 heavy (non-hydrogen) atoms. The molecule has 0 amide bonds. The lowest BCUT2D eigenvalue weighted by Crippen LogP contribution is -2.49. The van der Waals surface area contributed by atoms with Crippen LogP contribution in [0.3, 0.4) is 0 Å². The third-order valence-electron chi connectivity index (χ3n) is 4.69. The Morgan fingerprint density at radius 2 is 2.30 bits per heavy atom. The second-order valence-corrected chi connectivity index (χ2v) is 7.26. The molecule has 0 bridgehead atoms. The fourth-order valence-corrected chi connectivity index (χ4v) is 4.11. The molecule has 3 nitrogen and oxygen atoms in total. The van der Waals surface area contributed by atoms with E-state index in [-0.39, 0.29) is 12.0 Å². The topological polar surface area (TPSA) is 40.5 Å². The molecule has 1 aromatic heterocycles. The lowest BCUT2D eigenvalue weighted by Gasteiger charge is -2.41.